The van der Waals surface area contributed by atoms with Gasteiger partial charge in [-0.1, -0.05) is 11.6 Å². The zero-order valence-corrected chi connectivity index (χ0v) is 8.59. The van der Waals surface area contributed by atoms with Crippen LogP contribution in [0.3, 0.4) is 0 Å². The van der Waals surface area contributed by atoms with Crippen LogP contribution in [0.2, 0.25) is 5.02 Å². The van der Waals surface area contributed by atoms with Crippen LogP contribution >= 0.6 is 23.2 Å². The summed E-state index contributed by atoms with van der Waals surface area (Å²) in [5.74, 6) is 0. The third kappa shape index (κ3) is 2.63. The molecule has 0 bridgehead atoms. The molecule has 0 aliphatic carbocycles. The predicted octanol–water partition coefficient (Wildman–Crippen LogP) is 3.03. The summed E-state index contributed by atoms with van der Waals surface area (Å²) >= 11 is 11.0. The van der Waals surface area contributed by atoms with E-state index in [1.807, 2.05) is 6.07 Å². The molecule has 0 aliphatic rings. The summed E-state index contributed by atoms with van der Waals surface area (Å²) in [5, 5.41) is 8.35. The van der Waals surface area contributed by atoms with Crippen LogP contribution < -0.4 is 4.90 Å². The van der Waals surface area contributed by atoms with Crippen molar-refractivity contribution in [3.8, 4) is 6.07 Å². The molecule has 5 heteroatoms. The summed E-state index contributed by atoms with van der Waals surface area (Å²) in [7, 11) is 0. The lowest BCUT2D eigenvalue weighted by Crippen LogP contribution is -2.25. The molecule has 3 nitrogen and oxygen atoms in total. The summed E-state index contributed by atoms with van der Waals surface area (Å²) in [5.41, 5.74) is 0.552. The predicted molar refractivity (Wildman–Crippen MR) is 55.7 cm³/mol. The Morgan fingerprint density at radius 3 is 2.43 bits per heavy atom. The zero-order valence-electron chi connectivity index (χ0n) is 7.08. The molecule has 1 amide bonds. The van der Waals surface area contributed by atoms with Gasteiger partial charge in [0.2, 0.25) is 0 Å². The maximum absolute atomic E-state index is 10.9. The molecule has 14 heavy (non-hydrogen) atoms. The number of hydrogen-bond acceptors (Lipinski definition) is 2. The van der Waals surface area contributed by atoms with Gasteiger partial charge in [-0.05, 0) is 35.9 Å². The lowest BCUT2D eigenvalue weighted by molar-refractivity contribution is 0.264. The average Bonchev–Trinajstić information content (AvgIpc) is 2.15. The molecule has 0 N–H and O–H groups in total. The number of rotatable bonds is 2. The van der Waals surface area contributed by atoms with Crippen LogP contribution in [0.5, 0.6) is 0 Å². The fourth-order valence-electron chi connectivity index (χ4n) is 0.947. The van der Waals surface area contributed by atoms with Crippen molar-refractivity contribution in [2.45, 2.75) is 0 Å². The van der Waals surface area contributed by atoms with E-state index in [-0.39, 0.29) is 6.54 Å². The molecule has 0 aromatic heterocycles. The molecule has 0 heterocycles. The molecule has 1 aromatic rings. The first-order valence-electron chi connectivity index (χ1n) is 3.74. The van der Waals surface area contributed by atoms with Gasteiger partial charge in [0.25, 0.3) is 0 Å². The molecule has 1 aromatic carbocycles. The lowest BCUT2D eigenvalue weighted by Gasteiger charge is -2.15. The lowest BCUT2D eigenvalue weighted by atomic mass is 10.3. The molecular formula is C9H6Cl2N2O. The number of benzene rings is 1. The molecule has 0 aliphatic heterocycles. The van der Waals surface area contributed by atoms with Gasteiger partial charge in [0.05, 0.1) is 6.07 Å². The molecule has 1 rings (SSSR count). The van der Waals surface area contributed by atoms with Crippen molar-refractivity contribution in [3.05, 3.63) is 29.3 Å². The van der Waals surface area contributed by atoms with Crippen molar-refractivity contribution in [1.82, 2.24) is 0 Å². The zero-order chi connectivity index (χ0) is 10.6. The minimum atomic E-state index is -0.686. The third-order valence-corrected chi connectivity index (χ3v) is 2.04. The second-order valence-electron chi connectivity index (χ2n) is 2.47. The van der Waals surface area contributed by atoms with Gasteiger partial charge in [0.15, 0.2) is 0 Å². The van der Waals surface area contributed by atoms with Crippen LogP contribution in [0.4, 0.5) is 10.5 Å². The summed E-state index contributed by atoms with van der Waals surface area (Å²) in [6, 6.07) is 8.35. The maximum atomic E-state index is 10.9. The highest BCUT2D eigenvalue weighted by atomic mass is 35.5. The van der Waals surface area contributed by atoms with Crippen molar-refractivity contribution in [2.24, 2.45) is 0 Å². The Balaban J connectivity index is 2.95. The topological polar surface area (TPSA) is 44.1 Å². The van der Waals surface area contributed by atoms with Crippen molar-refractivity contribution in [1.29, 1.82) is 5.26 Å². The Hall–Kier alpha value is -1.24. The Labute approximate surface area is 91.4 Å². The quantitative estimate of drug-likeness (QED) is 0.444. The minimum Gasteiger partial charge on any atom is -0.285 e. The Kier molecular flexibility index (Phi) is 3.75. The van der Waals surface area contributed by atoms with Gasteiger partial charge in [-0.2, -0.15) is 5.26 Å². The second kappa shape index (κ2) is 4.85. The highest BCUT2D eigenvalue weighted by molar-refractivity contribution is 6.66. The normalized spacial score (nSPS) is 9.21. The van der Waals surface area contributed by atoms with Gasteiger partial charge >= 0.3 is 5.37 Å². The number of carbonyl (C=O) groups is 1. The van der Waals surface area contributed by atoms with Gasteiger partial charge in [0, 0.05) is 10.7 Å². The van der Waals surface area contributed by atoms with Crippen LogP contribution in [0.25, 0.3) is 0 Å². The number of carbonyl (C=O) groups excluding carboxylic acids is 1. The first kappa shape index (κ1) is 10.8. The van der Waals surface area contributed by atoms with E-state index < -0.39 is 5.37 Å². The van der Waals surface area contributed by atoms with E-state index in [0.717, 1.165) is 4.90 Å². The number of amides is 1. The summed E-state index contributed by atoms with van der Waals surface area (Å²) < 4.78 is 0. The third-order valence-electron chi connectivity index (χ3n) is 1.58. The van der Waals surface area contributed by atoms with E-state index in [4.69, 9.17) is 28.5 Å². The van der Waals surface area contributed by atoms with E-state index in [2.05, 4.69) is 0 Å². The first-order chi connectivity index (χ1) is 6.65. The van der Waals surface area contributed by atoms with Gasteiger partial charge < -0.3 is 0 Å². The molecule has 0 fully saturated rings. The fraction of sp³-hybridized carbons (Fsp3) is 0.111. The molecule has 0 saturated heterocycles. The van der Waals surface area contributed by atoms with Gasteiger partial charge in [-0.25, -0.2) is 0 Å². The highest BCUT2D eigenvalue weighted by Crippen LogP contribution is 2.18. The summed E-state index contributed by atoms with van der Waals surface area (Å²) in [4.78, 5) is 12.1. The van der Waals surface area contributed by atoms with Crippen LogP contribution in [-0.2, 0) is 0 Å². The standard InChI is InChI=1S/C9H6Cl2N2O/c10-7-1-3-8(4-2-7)13(6-5-12)9(11)14/h1-4H,6H2. The molecule has 0 saturated carbocycles. The first-order valence-corrected chi connectivity index (χ1v) is 4.50. The van der Waals surface area contributed by atoms with Crippen molar-refractivity contribution < 1.29 is 4.79 Å². The summed E-state index contributed by atoms with van der Waals surface area (Å²) in [6.45, 7) is -0.0794. The van der Waals surface area contributed by atoms with Crippen LogP contribution in [0, 0.1) is 11.3 Å². The number of nitrogens with zero attached hydrogens (tertiary/aromatic N) is 2. The fourth-order valence-corrected chi connectivity index (χ4v) is 1.23. The Morgan fingerprint density at radius 2 is 2.00 bits per heavy atom. The minimum absolute atomic E-state index is 0.0794. The molecular weight excluding hydrogens is 223 g/mol. The van der Waals surface area contributed by atoms with Crippen LogP contribution in [-0.4, -0.2) is 11.9 Å². The van der Waals surface area contributed by atoms with Gasteiger partial charge in [-0.3, -0.25) is 9.69 Å². The molecule has 0 radical (unpaired) electrons. The van der Waals surface area contributed by atoms with Gasteiger partial charge in [0.1, 0.15) is 6.54 Å². The number of halogens is 2. The van der Waals surface area contributed by atoms with E-state index in [9.17, 15) is 4.79 Å². The number of hydrogen-bond donors (Lipinski definition) is 0. The Morgan fingerprint density at radius 1 is 1.43 bits per heavy atom. The molecule has 0 unspecified atom stereocenters. The van der Waals surface area contributed by atoms with E-state index in [1.165, 1.54) is 0 Å². The van der Waals surface area contributed by atoms with Gasteiger partial charge in [-0.15, -0.1) is 0 Å². The van der Waals surface area contributed by atoms with Crippen molar-refractivity contribution in [2.75, 3.05) is 11.4 Å². The average molecular weight is 229 g/mol. The maximum Gasteiger partial charge on any atom is 0.321 e. The number of nitriles is 1. The smallest absolute Gasteiger partial charge is 0.285 e. The SMILES string of the molecule is N#CCN(C(=O)Cl)c1ccc(Cl)cc1. The molecule has 72 valence electrons. The van der Waals surface area contributed by atoms with E-state index >= 15 is 0 Å². The van der Waals surface area contributed by atoms with Crippen molar-refractivity contribution in [3.63, 3.8) is 0 Å². The monoisotopic (exact) mass is 228 g/mol. The Bertz CT molecular complexity index is 369. The molecule has 0 atom stereocenters. The van der Waals surface area contributed by atoms with Crippen LogP contribution in [0.1, 0.15) is 0 Å². The molecule has 0 spiro atoms. The van der Waals surface area contributed by atoms with Crippen LogP contribution in [0.15, 0.2) is 24.3 Å². The largest absolute Gasteiger partial charge is 0.321 e. The number of anilines is 1. The van der Waals surface area contributed by atoms with Crippen molar-refractivity contribution >= 4 is 34.3 Å². The second-order valence-corrected chi connectivity index (χ2v) is 3.23. The summed E-state index contributed by atoms with van der Waals surface area (Å²) in [6.07, 6.45) is 0. The highest BCUT2D eigenvalue weighted by Gasteiger charge is 2.11. The van der Waals surface area contributed by atoms with E-state index in [0.29, 0.717) is 10.7 Å². The van der Waals surface area contributed by atoms with E-state index in [1.54, 1.807) is 24.3 Å².